The van der Waals surface area contributed by atoms with Crippen molar-refractivity contribution in [3.8, 4) is 0 Å². The standard InChI is InChI=1S/C50H83N3O17P2/c1-4-5-18-25-39(54)29-30-41-42(55)31-28-38-24-20-16-17-22-27-46(57)68-40(34-65-45(56)26-21-15-13-11-9-7-6-8-10-12-14-19-23-37(2)3)35-66-71(61,62)70-72(63,64)67-36-43(48(59)47(41)58)69-49(38)53-33-32-44(51)52-50(53)60/h16,20,28-33,37-41,43,47-49,54,58-59H,4-15,17-19,21-27,34-36H2,1-3H3,(H,61,62)(H,63,64)(H2,51,52,60)/t38-,39-,40+,41-,43+,47-,48+,49+/m0/s1. The highest BCUT2D eigenvalue weighted by molar-refractivity contribution is 7.61. The minimum atomic E-state index is -5.67. The third-order valence-corrected chi connectivity index (χ3v) is 15.0. The van der Waals surface area contributed by atoms with Gasteiger partial charge in [-0.15, -0.1) is 0 Å². The van der Waals surface area contributed by atoms with Gasteiger partial charge >= 0.3 is 33.3 Å². The van der Waals surface area contributed by atoms with Crippen LogP contribution in [0.1, 0.15) is 168 Å². The van der Waals surface area contributed by atoms with Gasteiger partial charge in [0.05, 0.1) is 31.3 Å². The van der Waals surface area contributed by atoms with E-state index in [1.54, 1.807) is 12.2 Å². The highest BCUT2D eigenvalue weighted by Crippen LogP contribution is 2.60. The number of nitrogens with two attached hydrogens (primary N) is 1. The van der Waals surface area contributed by atoms with Gasteiger partial charge in [0.15, 0.2) is 11.9 Å². The topological polar surface area (TPSA) is 303 Å². The molecule has 0 radical (unpaired) electrons. The van der Waals surface area contributed by atoms with Crippen LogP contribution in [0.4, 0.5) is 5.82 Å². The number of hydrogen-bond acceptors (Lipinski definition) is 17. The Labute approximate surface area is 425 Å². The number of fused-ring (bicyclic) bond motifs is 3. The number of aliphatic hydroxyl groups is 3. The lowest BCUT2D eigenvalue weighted by Crippen LogP contribution is -2.49. The van der Waals surface area contributed by atoms with Crippen molar-refractivity contribution < 1.29 is 76.2 Å². The first-order valence-electron chi connectivity index (χ1n) is 25.9. The molecule has 20 nitrogen and oxygen atoms in total. The Bertz CT molecular complexity index is 2010. The van der Waals surface area contributed by atoms with Gasteiger partial charge in [-0.3, -0.25) is 28.0 Å². The zero-order chi connectivity index (χ0) is 52.9. The zero-order valence-electron chi connectivity index (χ0n) is 42.5. The number of rotatable bonds is 24. The molecule has 0 saturated carbocycles. The molecular weight excluding hydrogens is 977 g/mol. The van der Waals surface area contributed by atoms with E-state index in [1.165, 1.54) is 81.9 Å². The Kier molecular flexibility index (Phi) is 29.9. The lowest BCUT2D eigenvalue weighted by Gasteiger charge is -2.36. The smallest absolute Gasteiger partial charge is 0.462 e. The molecular formula is C50H83N3O17P2. The number of unbranched alkanes of at least 4 members (excludes halogenated alkanes) is 13. The summed E-state index contributed by atoms with van der Waals surface area (Å²) >= 11 is 0. The minimum Gasteiger partial charge on any atom is -0.462 e. The molecule has 0 spiro atoms. The van der Waals surface area contributed by atoms with Crippen LogP contribution in [0.2, 0.25) is 0 Å². The van der Waals surface area contributed by atoms with E-state index in [-0.39, 0.29) is 31.5 Å². The number of cyclic esters (lactones) is 1. The van der Waals surface area contributed by atoms with Gasteiger partial charge in [0, 0.05) is 25.0 Å². The second-order valence-electron chi connectivity index (χ2n) is 19.2. The highest BCUT2D eigenvalue weighted by Gasteiger charge is 2.42. The van der Waals surface area contributed by atoms with Gasteiger partial charge in [0.25, 0.3) is 0 Å². The number of phosphoric acid groups is 2. The normalized spacial score (nSPS) is 28.0. The Morgan fingerprint density at radius 2 is 1.51 bits per heavy atom. The maximum Gasteiger partial charge on any atom is 0.481 e. The maximum atomic E-state index is 13.8. The average Bonchev–Trinajstić information content (AvgIpc) is 3.31. The molecule has 2 bridgehead atoms. The number of aromatic nitrogens is 2. The molecule has 3 rings (SSSR count). The van der Waals surface area contributed by atoms with E-state index in [2.05, 4.69) is 23.1 Å². The third-order valence-electron chi connectivity index (χ3n) is 12.4. The average molecular weight is 1060 g/mol. The first kappa shape index (κ1) is 62.9. The molecule has 2 aliphatic heterocycles. The second-order valence-corrected chi connectivity index (χ2v) is 22.2. The van der Waals surface area contributed by atoms with Crippen LogP contribution in [0.3, 0.4) is 0 Å². The summed E-state index contributed by atoms with van der Waals surface area (Å²) in [7, 11) is -11.2. The van der Waals surface area contributed by atoms with E-state index < -0.39 is 107 Å². The molecule has 0 saturated heterocycles. The molecule has 10 atom stereocenters. The van der Waals surface area contributed by atoms with Crippen molar-refractivity contribution in [1.82, 2.24) is 9.55 Å². The summed E-state index contributed by atoms with van der Waals surface area (Å²) in [4.78, 5) is 77.8. The lowest BCUT2D eigenvalue weighted by atomic mass is 9.88. The van der Waals surface area contributed by atoms with Crippen LogP contribution in [0.25, 0.3) is 0 Å². The Morgan fingerprint density at radius 1 is 0.889 bits per heavy atom. The van der Waals surface area contributed by atoms with Crippen molar-refractivity contribution in [2.75, 3.05) is 25.6 Å². The summed E-state index contributed by atoms with van der Waals surface area (Å²) in [6.45, 7) is 3.88. The van der Waals surface area contributed by atoms with Crippen LogP contribution in [0.15, 0.2) is 53.5 Å². The fourth-order valence-corrected chi connectivity index (χ4v) is 10.3. The number of ether oxygens (including phenoxy) is 3. The van der Waals surface area contributed by atoms with Crippen LogP contribution in [-0.4, -0.2) is 103 Å². The number of anilines is 1. The van der Waals surface area contributed by atoms with Gasteiger partial charge in [0.2, 0.25) is 0 Å². The molecule has 3 heterocycles. The summed E-state index contributed by atoms with van der Waals surface area (Å²) in [5.41, 5.74) is 4.83. The first-order chi connectivity index (χ1) is 34.3. The third kappa shape index (κ3) is 25.7. The van der Waals surface area contributed by atoms with Crippen LogP contribution in [0, 0.1) is 17.8 Å². The fourth-order valence-electron chi connectivity index (χ4n) is 8.23. The number of ketones is 1. The second kappa shape index (κ2) is 34.2. The zero-order valence-corrected chi connectivity index (χ0v) is 44.3. The Balaban J connectivity index is 1.75. The molecule has 7 N–H and O–H groups in total. The number of hydrogen-bond donors (Lipinski definition) is 6. The number of carbonyl (C=O) groups excluding carboxylic acids is 3. The Morgan fingerprint density at radius 3 is 2.15 bits per heavy atom. The van der Waals surface area contributed by atoms with Gasteiger partial charge in [0.1, 0.15) is 30.9 Å². The predicted molar refractivity (Wildman–Crippen MR) is 270 cm³/mol. The highest BCUT2D eigenvalue weighted by atomic mass is 31.3. The minimum absolute atomic E-state index is 0.0532. The molecule has 72 heavy (non-hydrogen) atoms. The van der Waals surface area contributed by atoms with Crippen molar-refractivity contribution in [3.05, 3.63) is 59.2 Å². The molecule has 22 heteroatoms. The SMILES string of the molecule is CCCCC[C@H](O)C=C[C@H]1C(=O)C=C[C@@H]2CC=CCCCC(=O)O[C@H](COC(=O)CCCCCCCCCCCCCCC(C)C)COP(=O)(O)OP(=O)(O)OC[C@@H](O[C@H]2n2ccc(N)nc2=O)[C@@H](O)[C@H]1O. The monoisotopic (exact) mass is 1060 g/mol. The molecule has 0 amide bonds. The van der Waals surface area contributed by atoms with Crippen molar-refractivity contribution >= 4 is 39.2 Å². The first-order valence-corrected chi connectivity index (χ1v) is 28.9. The van der Waals surface area contributed by atoms with Crippen molar-refractivity contribution in [3.63, 3.8) is 0 Å². The molecule has 0 aliphatic carbocycles. The van der Waals surface area contributed by atoms with Crippen LogP contribution in [-0.2, 0) is 51.1 Å². The van der Waals surface area contributed by atoms with Crippen LogP contribution >= 0.6 is 15.6 Å². The van der Waals surface area contributed by atoms with Gasteiger partial charge in [-0.05, 0) is 50.2 Å². The van der Waals surface area contributed by atoms with Crippen molar-refractivity contribution in [2.45, 2.75) is 199 Å². The number of esters is 2. The van der Waals surface area contributed by atoms with E-state index in [4.69, 9.17) is 29.0 Å². The summed E-state index contributed by atoms with van der Waals surface area (Å²) in [5.74, 6) is -3.88. The summed E-state index contributed by atoms with van der Waals surface area (Å²) < 4.78 is 59.0. The molecule has 2 unspecified atom stereocenters. The number of aliphatic hydroxyl groups excluding tert-OH is 3. The maximum absolute atomic E-state index is 13.8. The lowest BCUT2D eigenvalue weighted by molar-refractivity contribution is -0.167. The Hall–Kier alpha value is -3.39. The molecule has 0 fully saturated rings. The van der Waals surface area contributed by atoms with Gasteiger partial charge in [-0.2, -0.15) is 9.29 Å². The van der Waals surface area contributed by atoms with E-state index in [1.807, 2.05) is 6.92 Å². The van der Waals surface area contributed by atoms with Crippen LogP contribution in [0.5, 0.6) is 0 Å². The van der Waals surface area contributed by atoms with E-state index in [9.17, 15) is 53.4 Å². The molecule has 2 aliphatic rings. The summed E-state index contributed by atoms with van der Waals surface area (Å²) in [5, 5.41) is 33.8. The van der Waals surface area contributed by atoms with Gasteiger partial charge in [-0.1, -0.05) is 147 Å². The summed E-state index contributed by atoms with van der Waals surface area (Å²) in [6, 6.07) is 1.28. The number of nitrogens with zero attached hydrogens (tertiary/aromatic N) is 2. The predicted octanol–water partition coefficient (Wildman–Crippen LogP) is 8.25. The number of carbonyl (C=O) groups is 3. The van der Waals surface area contributed by atoms with Gasteiger partial charge in [-0.25, -0.2) is 13.9 Å². The molecule has 0 aromatic carbocycles. The quantitative estimate of drug-likeness (QED) is 0.0246. The molecule has 410 valence electrons. The van der Waals surface area contributed by atoms with Gasteiger partial charge < -0.3 is 45.1 Å². The summed E-state index contributed by atoms with van der Waals surface area (Å²) in [6.07, 6.45) is 18.0. The van der Waals surface area contributed by atoms with E-state index in [0.717, 1.165) is 55.1 Å². The van der Waals surface area contributed by atoms with E-state index in [0.29, 0.717) is 25.7 Å². The number of allylic oxidation sites excluding steroid dienone is 3. The molecule has 1 aromatic heterocycles. The van der Waals surface area contributed by atoms with Crippen LogP contribution < -0.4 is 11.4 Å². The largest absolute Gasteiger partial charge is 0.481 e. The van der Waals surface area contributed by atoms with Crippen molar-refractivity contribution in [1.29, 1.82) is 0 Å². The number of nitrogen functional groups attached to an aromatic ring is 1. The fraction of sp³-hybridized carbons (Fsp3) is 0.740. The molecule has 1 aromatic rings. The number of phosphoric ester groups is 2. The van der Waals surface area contributed by atoms with E-state index >= 15 is 0 Å². The van der Waals surface area contributed by atoms with Crippen molar-refractivity contribution in [2.24, 2.45) is 17.8 Å².